The van der Waals surface area contributed by atoms with Crippen LogP contribution in [0.4, 0.5) is 5.69 Å². The first kappa shape index (κ1) is 12.2. The number of hydrogen-bond acceptors (Lipinski definition) is 1. The van der Waals surface area contributed by atoms with Gasteiger partial charge in [-0.15, -0.1) is 0 Å². The zero-order chi connectivity index (χ0) is 13.8. The molecule has 0 aliphatic carbocycles. The second-order valence-corrected chi connectivity index (χ2v) is 5.79. The van der Waals surface area contributed by atoms with Crippen LogP contribution < -0.4 is 4.59 Å². The Bertz CT molecular complexity index is 649. The van der Waals surface area contributed by atoms with Gasteiger partial charge in [0.2, 0.25) is 0 Å². The van der Waals surface area contributed by atoms with Crippen molar-refractivity contribution in [3.63, 3.8) is 0 Å². The predicted octanol–water partition coefficient (Wildman–Crippen LogP) is 4.34. The van der Waals surface area contributed by atoms with Crippen molar-refractivity contribution >= 4 is 11.3 Å². The van der Waals surface area contributed by atoms with Crippen LogP contribution in [0.1, 0.15) is 31.9 Å². The monoisotopic (exact) mass is 253 g/mol. The first-order chi connectivity index (χ1) is 8.93. The Kier molecular flexibility index (Phi) is 2.48. The maximum atomic E-state index is 2.35. The van der Waals surface area contributed by atoms with Gasteiger partial charge in [-0.3, -0.25) is 0 Å². The van der Waals surface area contributed by atoms with Gasteiger partial charge in [0, 0.05) is 11.6 Å². The average Bonchev–Trinajstić information content (AvgIpc) is 2.38. The Labute approximate surface area is 115 Å². The molecule has 0 aromatic heterocycles. The molecule has 1 atom stereocenters. The van der Waals surface area contributed by atoms with Crippen molar-refractivity contribution in [2.24, 2.45) is 0 Å². The van der Waals surface area contributed by atoms with E-state index in [9.17, 15) is 0 Å². The van der Waals surface area contributed by atoms with Crippen molar-refractivity contribution in [1.82, 2.24) is 9.60 Å². The van der Waals surface area contributed by atoms with Gasteiger partial charge in [0.05, 0.1) is 11.9 Å². The molecule has 0 bridgehead atoms. The van der Waals surface area contributed by atoms with Crippen LogP contribution in [0, 0.1) is 6.92 Å². The number of fused-ring (bicyclic) bond motifs is 3. The second-order valence-electron chi connectivity index (χ2n) is 5.79. The van der Waals surface area contributed by atoms with E-state index in [1.807, 2.05) is 0 Å². The molecule has 2 aliphatic heterocycles. The number of allylic oxidation sites excluding steroid dienone is 4. The van der Waals surface area contributed by atoms with Gasteiger partial charge in [-0.1, -0.05) is 11.6 Å². The van der Waals surface area contributed by atoms with E-state index < -0.39 is 0 Å². The minimum atomic E-state index is 0.704. The molecular formula is C17H21N2+. The lowest BCUT2D eigenvalue weighted by Gasteiger charge is -2.45. The van der Waals surface area contributed by atoms with E-state index in [1.165, 1.54) is 33.7 Å². The van der Waals surface area contributed by atoms with Crippen molar-refractivity contribution in [2.75, 3.05) is 7.05 Å². The summed E-state index contributed by atoms with van der Waals surface area (Å²) in [6.45, 7) is 8.73. The first-order valence-electron chi connectivity index (χ1n) is 6.76. The Morgan fingerprint density at radius 2 is 1.79 bits per heavy atom. The molecule has 0 radical (unpaired) electrons. The third-order valence-corrected chi connectivity index (χ3v) is 4.33. The Balaban J connectivity index is 2.32. The van der Waals surface area contributed by atoms with Crippen LogP contribution in [0.15, 0.2) is 47.9 Å². The van der Waals surface area contributed by atoms with Crippen molar-refractivity contribution < 1.29 is 0 Å². The lowest BCUT2D eigenvalue weighted by molar-refractivity contribution is 0.148. The normalized spacial score (nSPS) is 25.1. The molecule has 1 aromatic rings. The summed E-state index contributed by atoms with van der Waals surface area (Å²) in [4.78, 5) is 0. The summed E-state index contributed by atoms with van der Waals surface area (Å²) in [6.07, 6.45) is 6.70. The van der Waals surface area contributed by atoms with E-state index in [0.29, 0.717) is 4.59 Å². The fourth-order valence-electron chi connectivity index (χ4n) is 3.01. The quantitative estimate of drug-likeness (QED) is 0.621. The maximum absolute atomic E-state index is 2.35. The summed E-state index contributed by atoms with van der Waals surface area (Å²) < 4.78 is 0.704. The zero-order valence-corrected chi connectivity index (χ0v) is 12.4. The molecule has 0 spiro atoms. The minimum Gasteiger partial charge on any atom is -0.194 e. The highest BCUT2D eigenvalue weighted by molar-refractivity contribution is 5.80. The molecule has 0 N–H and O–H groups in total. The Hall–Kier alpha value is -1.80. The zero-order valence-electron chi connectivity index (χ0n) is 12.4. The molecule has 3 rings (SSSR count). The fourth-order valence-corrected chi connectivity index (χ4v) is 3.01. The fraction of sp³-hybridized carbons (Fsp3) is 0.294. The summed E-state index contributed by atoms with van der Waals surface area (Å²) in [6, 6.07) is 6.76. The highest BCUT2D eigenvalue weighted by Gasteiger charge is 2.39. The summed E-state index contributed by atoms with van der Waals surface area (Å²) in [7, 11) is 2.24. The standard InChI is InChI=1S/C17H21N2/c1-12-6-7-17-16(10-12)14(3)15(4)18-11-13(2)8-9-19(17,18)5/h6-11H,1-5H3/q+1. The van der Waals surface area contributed by atoms with Crippen LogP contribution in [0.5, 0.6) is 0 Å². The topological polar surface area (TPSA) is 3.24 Å². The molecule has 1 unspecified atom stereocenters. The van der Waals surface area contributed by atoms with E-state index in [1.54, 1.807) is 0 Å². The number of hydrogen-bond donors (Lipinski definition) is 0. The van der Waals surface area contributed by atoms with E-state index in [2.05, 4.69) is 76.4 Å². The van der Waals surface area contributed by atoms with E-state index in [-0.39, 0.29) is 0 Å². The number of benzene rings is 1. The van der Waals surface area contributed by atoms with E-state index in [4.69, 9.17) is 0 Å². The van der Waals surface area contributed by atoms with Gasteiger partial charge < -0.3 is 0 Å². The van der Waals surface area contributed by atoms with Crippen LogP contribution in [-0.2, 0) is 0 Å². The second kappa shape index (κ2) is 3.84. The van der Waals surface area contributed by atoms with Gasteiger partial charge in [0.25, 0.3) is 0 Å². The lowest BCUT2D eigenvalue weighted by Crippen LogP contribution is -2.54. The molecule has 98 valence electrons. The molecule has 19 heavy (non-hydrogen) atoms. The van der Waals surface area contributed by atoms with Crippen LogP contribution in [0.2, 0.25) is 0 Å². The van der Waals surface area contributed by atoms with E-state index >= 15 is 0 Å². The third kappa shape index (κ3) is 1.60. The SMILES string of the molecule is CC1=CN2C(C)=C(C)c3cc(C)ccc3[N+]2(C)C=C1. The molecule has 0 saturated carbocycles. The molecule has 2 nitrogen and oxygen atoms in total. The van der Waals surface area contributed by atoms with Crippen LogP contribution in [0.3, 0.4) is 0 Å². The van der Waals surface area contributed by atoms with Crippen LogP contribution in [-0.4, -0.2) is 12.1 Å². The van der Waals surface area contributed by atoms with Gasteiger partial charge >= 0.3 is 0 Å². The molecule has 0 saturated heterocycles. The van der Waals surface area contributed by atoms with Gasteiger partial charge in [0.15, 0.2) is 5.69 Å². The molecule has 0 amide bonds. The molecule has 1 aromatic carbocycles. The van der Waals surface area contributed by atoms with Gasteiger partial charge in [-0.2, -0.15) is 9.60 Å². The Morgan fingerprint density at radius 1 is 1.05 bits per heavy atom. The third-order valence-electron chi connectivity index (χ3n) is 4.33. The summed E-state index contributed by atoms with van der Waals surface area (Å²) >= 11 is 0. The summed E-state index contributed by atoms with van der Waals surface area (Å²) in [5.74, 6) is 0. The minimum absolute atomic E-state index is 0.704. The van der Waals surface area contributed by atoms with Crippen molar-refractivity contribution in [3.05, 3.63) is 59.1 Å². The smallest absolute Gasteiger partial charge is 0.169 e. The molecule has 0 fully saturated rings. The average molecular weight is 253 g/mol. The van der Waals surface area contributed by atoms with Crippen LogP contribution >= 0.6 is 0 Å². The van der Waals surface area contributed by atoms with Crippen molar-refractivity contribution in [2.45, 2.75) is 27.7 Å². The van der Waals surface area contributed by atoms with Gasteiger partial charge in [-0.05, 0) is 51.0 Å². The number of nitrogens with zero attached hydrogens (tertiary/aromatic N) is 2. The highest BCUT2D eigenvalue weighted by atomic mass is 15.7. The summed E-state index contributed by atoms with van der Waals surface area (Å²) in [5, 5.41) is 2.35. The van der Waals surface area contributed by atoms with Gasteiger partial charge in [-0.25, -0.2) is 0 Å². The lowest BCUT2D eigenvalue weighted by atomic mass is 9.97. The highest BCUT2D eigenvalue weighted by Crippen LogP contribution is 2.43. The Morgan fingerprint density at radius 3 is 2.53 bits per heavy atom. The molecular weight excluding hydrogens is 232 g/mol. The molecule has 2 aliphatic rings. The molecule has 2 heteroatoms. The van der Waals surface area contributed by atoms with Crippen molar-refractivity contribution in [1.29, 1.82) is 0 Å². The number of aryl methyl sites for hydroxylation is 1. The number of rotatable bonds is 0. The first-order valence-corrected chi connectivity index (χ1v) is 6.76. The predicted molar refractivity (Wildman–Crippen MR) is 81.9 cm³/mol. The van der Waals surface area contributed by atoms with Gasteiger partial charge in [0.1, 0.15) is 13.2 Å². The largest absolute Gasteiger partial charge is 0.194 e. The van der Waals surface area contributed by atoms with Crippen LogP contribution in [0.25, 0.3) is 5.57 Å². The summed E-state index contributed by atoms with van der Waals surface area (Å²) in [5.41, 5.74) is 8.01. The van der Waals surface area contributed by atoms with E-state index in [0.717, 1.165) is 0 Å². The maximum Gasteiger partial charge on any atom is 0.169 e. The van der Waals surface area contributed by atoms with Crippen molar-refractivity contribution in [3.8, 4) is 0 Å². The number of quaternary nitrogens is 1. The molecule has 2 heterocycles.